The van der Waals surface area contributed by atoms with Crippen LogP contribution in [0.1, 0.15) is 28.4 Å². The number of para-hydroxylation sites is 1. The lowest BCUT2D eigenvalue weighted by Gasteiger charge is -2.38. The zero-order valence-corrected chi connectivity index (χ0v) is 18.8. The van der Waals surface area contributed by atoms with Gasteiger partial charge in [0.05, 0.1) is 31.0 Å². The summed E-state index contributed by atoms with van der Waals surface area (Å²) in [5.41, 5.74) is 2.79. The summed E-state index contributed by atoms with van der Waals surface area (Å²) in [6, 6.07) is 22.3. The molecule has 7 heteroatoms. The molecule has 4 aromatic rings. The third-order valence-electron chi connectivity index (χ3n) is 6.13. The standard InChI is InChI=1S/C27H24N4O3/c1-34-25-10-6-5-9-21(25)24(32)18-31-23(20-7-3-2-4-8-20)13-16-30-26(33)17-22(29-27(30)31)19-11-14-28-15-12-19/h2-12,14-15,17,23H,13,16,18H2,1H3. The van der Waals surface area contributed by atoms with Gasteiger partial charge in [-0.25, -0.2) is 4.98 Å². The summed E-state index contributed by atoms with van der Waals surface area (Å²) in [7, 11) is 1.55. The van der Waals surface area contributed by atoms with Gasteiger partial charge in [0.25, 0.3) is 5.56 Å². The minimum absolute atomic E-state index is 0.0617. The van der Waals surface area contributed by atoms with Crippen LogP contribution >= 0.6 is 0 Å². The van der Waals surface area contributed by atoms with Gasteiger partial charge in [-0.05, 0) is 36.2 Å². The lowest BCUT2D eigenvalue weighted by Crippen LogP contribution is -2.43. The van der Waals surface area contributed by atoms with Crippen LogP contribution in [0, 0.1) is 0 Å². The highest BCUT2D eigenvalue weighted by atomic mass is 16.5. The molecule has 2 aromatic carbocycles. The summed E-state index contributed by atoms with van der Waals surface area (Å²) >= 11 is 0. The Hall–Kier alpha value is -4.26. The number of benzene rings is 2. The van der Waals surface area contributed by atoms with Crippen LogP contribution in [0.15, 0.2) is 90.0 Å². The van der Waals surface area contributed by atoms with Crippen molar-refractivity contribution >= 4 is 11.7 Å². The van der Waals surface area contributed by atoms with Crippen molar-refractivity contribution in [3.05, 3.63) is 107 Å². The number of pyridine rings is 1. The summed E-state index contributed by atoms with van der Waals surface area (Å²) in [5.74, 6) is 0.912. The lowest BCUT2D eigenvalue weighted by atomic mass is 9.99. The van der Waals surface area contributed by atoms with Crippen LogP contribution in [0.4, 0.5) is 5.95 Å². The Morgan fingerprint density at radius 1 is 1.03 bits per heavy atom. The first-order valence-electron chi connectivity index (χ1n) is 11.2. The normalized spacial score (nSPS) is 15.0. The van der Waals surface area contributed by atoms with Crippen LogP contribution in [0.2, 0.25) is 0 Å². The maximum atomic E-state index is 13.5. The van der Waals surface area contributed by atoms with E-state index in [0.717, 1.165) is 11.1 Å². The van der Waals surface area contributed by atoms with E-state index in [0.29, 0.717) is 35.9 Å². The average Bonchev–Trinajstić information content (AvgIpc) is 2.90. The summed E-state index contributed by atoms with van der Waals surface area (Å²) < 4.78 is 7.07. The molecule has 34 heavy (non-hydrogen) atoms. The summed E-state index contributed by atoms with van der Waals surface area (Å²) in [5, 5.41) is 0. The van der Waals surface area contributed by atoms with Crippen LogP contribution in [0.25, 0.3) is 11.3 Å². The van der Waals surface area contributed by atoms with E-state index in [1.165, 1.54) is 0 Å². The molecule has 2 aromatic heterocycles. The van der Waals surface area contributed by atoms with E-state index in [9.17, 15) is 9.59 Å². The largest absolute Gasteiger partial charge is 0.496 e. The quantitative estimate of drug-likeness (QED) is 0.409. The second kappa shape index (κ2) is 9.31. The summed E-state index contributed by atoms with van der Waals surface area (Å²) in [4.78, 5) is 37.4. The van der Waals surface area contributed by atoms with Crippen LogP contribution in [0.5, 0.6) is 5.75 Å². The molecule has 1 aliphatic rings. The number of carbonyl (C=O) groups excluding carboxylic acids is 1. The Labute approximate surface area is 197 Å². The highest BCUT2D eigenvalue weighted by molar-refractivity contribution is 6.01. The minimum Gasteiger partial charge on any atom is -0.496 e. The molecule has 0 radical (unpaired) electrons. The zero-order chi connectivity index (χ0) is 23.5. The van der Waals surface area contributed by atoms with Gasteiger partial charge in [-0.3, -0.25) is 19.1 Å². The van der Waals surface area contributed by atoms with Gasteiger partial charge in [0, 0.05) is 30.6 Å². The van der Waals surface area contributed by atoms with Crippen molar-refractivity contribution in [3.8, 4) is 17.0 Å². The number of aromatic nitrogens is 3. The van der Waals surface area contributed by atoms with Gasteiger partial charge in [-0.2, -0.15) is 0 Å². The molecule has 0 spiro atoms. The fraction of sp³-hybridized carbons (Fsp3) is 0.185. The molecule has 0 saturated heterocycles. The molecule has 1 unspecified atom stereocenters. The third-order valence-corrected chi connectivity index (χ3v) is 6.13. The van der Waals surface area contributed by atoms with Gasteiger partial charge in [-0.1, -0.05) is 42.5 Å². The second-order valence-electron chi connectivity index (χ2n) is 8.13. The number of fused-ring (bicyclic) bond motifs is 1. The van der Waals surface area contributed by atoms with Gasteiger partial charge in [0.15, 0.2) is 5.78 Å². The molecule has 0 aliphatic carbocycles. The first kappa shape index (κ1) is 21.6. The Balaban J connectivity index is 1.62. The maximum Gasteiger partial charge on any atom is 0.255 e. The summed E-state index contributed by atoms with van der Waals surface area (Å²) in [6.07, 6.45) is 4.03. The van der Waals surface area contributed by atoms with Gasteiger partial charge in [0.2, 0.25) is 5.95 Å². The number of nitrogens with zero attached hydrogens (tertiary/aromatic N) is 4. The highest BCUT2D eigenvalue weighted by Crippen LogP contribution is 2.34. The topological polar surface area (TPSA) is 77.3 Å². The van der Waals surface area contributed by atoms with Crippen molar-refractivity contribution in [1.29, 1.82) is 0 Å². The fourth-order valence-electron chi connectivity index (χ4n) is 4.46. The molecule has 0 bridgehead atoms. The molecule has 1 atom stereocenters. The maximum absolute atomic E-state index is 13.5. The fourth-order valence-corrected chi connectivity index (χ4v) is 4.46. The number of ketones is 1. The smallest absolute Gasteiger partial charge is 0.255 e. The molecule has 7 nitrogen and oxygen atoms in total. The monoisotopic (exact) mass is 452 g/mol. The number of hydrogen-bond donors (Lipinski definition) is 0. The predicted octanol–water partition coefficient (Wildman–Crippen LogP) is 4.15. The van der Waals surface area contributed by atoms with E-state index in [1.807, 2.05) is 59.5 Å². The number of methoxy groups -OCH3 is 1. The molecule has 3 heterocycles. The van der Waals surface area contributed by atoms with E-state index in [4.69, 9.17) is 9.72 Å². The Kier molecular flexibility index (Phi) is 5.91. The van der Waals surface area contributed by atoms with Crippen molar-refractivity contribution in [1.82, 2.24) is 14.5 Å². The zero-order valence-electron chi connectivity index (χ0n) is 18.8. The van der Waals surface area contributed by atoms with E-state index in [-0.39, 0.29) is 23.9 Å². The Morgan fingerprint density at radius 3 is 2.53 bits per heavy atom. The Morgan fingerprint density at radius 2 is 1.76 bits per heavy atom. The van der Waals surface area contributed by atoms with Crippen molar-refractivity contribution in [3.63, 3.8) is 0 Å². The van der Waals surface area contributed by atoms with Gasteiger partial charge in [0.1, 0.15) is 5.75 Å². The SMILES string of the molecule is COc1ccccc1C(=O)CN1c2nc(-c3ccncc3)cc(=O)n2CCC1c1ccccc1. The predicted molar refractivity (Wildman–Crippen MR) is 130 cm³/mol. The molecule has 0 saturated carbocycles. The molecule has 170 valence electrons. The Bertz CT molecular complexity index is 1370. The first-order valence-corrected chi connectivity index (χ1v) is 11.2. The number of hydrogen-bond acceptors (Lipinski definition) is 6. The van der Waals surface area contributed by atoms with Crippen LogP contribution in [-0.4, -0.2) is 34.0 Å². The van der Waals surface area contributed by atoms with Gasteiger partial charge >= 0.3 is 0 Å². The second-order valence-corrected chi connectivity index (χ2v) is 8.13. The molecular weight excluding hydrogens is 428 g/mol. The minimum atomic E-state index is -0.141. The lowest BCUT2D eigenvalue weighted by molar-refractivity contribution is 0.0991. The van der Waals surface area contributed by atoms with Crippen LogP contribution in [-0.2, 0) is 6.54 Å². The van der Waals surface area contributed by atoms with Crippen LogP contribution < -0.4 is 15.2 Å². The first-order chi connectivity index (χ1) is 16.7. The van der Waals surface area contributed by atoms with E-state index < -0.39 is 0 Å². The van der Waals surface area contributed by atoms with Gasteiger partial charge < -0.3 is 9.64 Å². The summed E-state index contributed by atoms with van der Waals surface area (Å²) in [6.45, 7) is 0.586. The molecule has 0 amide bonds. The third kappa shape index (κ3) is 4.08. The number of rotatable bonds is 6. The van der Waals surface area contributed by atoms with Crippen molar-refractivity contribution in [2.24, 2.45) is 0 Å². The average molecular weight is 453 g/mol. The van der Waals surface area contributed by atoms with Crippen molar-refractivity contribution in [2.45, 2.75) is 19.0 Å². The van der Waals surface area contributed by atoms with E-state index >= 15 is 0 Å². The van der Waals surface area contributed by atoms with Gasteiger partial charge in [-0.15, -0.1) is 0 Å². The number of Topliss-reactive ketones (excluding diaryl/α,β-unsaturated/α-hetero) is 1. The van der Waals surface area contributed by atoms with Crippen LogP contribution in [0.3, 0.4) is 0 Å². The van der Waals surface area contributed by atoms with E-state index in [1.54, 1.807) is 42.3 Å². The number of anilines is 1. The van der Waals surface area contributed by atoms with Crippen molar-refractivity contribution < 1.29 is 9.53 Å². The van der Waals surface area contributed by atoms with E-state index in [2.05, 4.69) is 4.98 Å². The number of carbonyl (C=O) groups is 1. The number of ether oxygens (including phenoxy) is 1. The molecular formula is C27H24N4O3. The molecule has 1 aliphatic heterocycles. The molecule has 5 rings (SSSR count). The van der Waals surface area contributed by atoms with Crippen molar-refractivity contribution in [2.75, 3.05) is 18.6 Å². The highest BCUT2D eigenvalue weighted by Gasteiger charge is 2.32. The molecule has 0 fully saturated rings. The molecule has 0 N–H and O–H groups in total.